The summed E-state index contributed by atoms with van der Waals surface area (Å²) in [7, 11) is 3.82. The summed E-state index contributed by atoms with van der Waals surface area (Å²) in [5.74, 6) is -0.975. The molecule has 0 heterocycles. The second-order valence-electron chi connectivity index (χ2n) is 6.19. The van der Waals surface area contributed by atoms with Crippen LogP contribution in [0.3, 0.4) is 0 Å². The van der Waals surface area contributed by atoms with Crippen LogP contribution in [0.1, 0.15) is 29.5 Å². The Hall–Kier alpha value is 0.482. The van der Waals surface area contributed by atoms with Crippen molar-refractivity contribution in [2.75, 3.05) is 20.6 Å². The summed E-state index contributed by atoms with van der Waals surface area (Å²) >= 11 is 0. The summed E-state index contributed by atoms with van der Waals surface area (Å²) in [5.41, 5.74) is -0.913. The van der Waals surface area contributed by atoms with Crippen LogP contribution >= 0.6 is 0 Å². The third-order valence-electron chi connectivity index (χ3n) is 4.10. The van der Waals surface area contributed by atoms with E-state index < -0.39 is 23.8 Å². The Morgan fingerprint density at radius 1 is 0.964 bits per heavy atom. The van der Waals surface area contributed by atoms with E-state index in [1.165, 1.54) is 36.4 Å². The van der Waals surface area contributed by atoms with Gasteiger partial charge in [-0.3, -0.25) is 0 Å². The SMILES string of the molecule is CN(C)CCCC([O-])(c1ccc(F)cc1)c1ccc(F)cc1C[O-].[Br-].[Cl-].[Mg+2].[Mg+2]. The maximum atomic E-state index is 13.7. The third kappa shape index (κ3) is 8.69. The van der Waals surface area contributed by atoms with Gasteiger partial charge in [-0.05, 0) is 51.3 Å². The van der Waals surface area contributed by atoms with E-state index in [9.17, 15) is 19.0 Å². The van der Waals surface area contributed by atoms with Gasteiger partial charge in [-0.25, -0.2) is 8.78 Å². The maximum absolute atomic E-state index is 13.7. The molecule has 146 valence electrons. The summed E-state index contributed by atoms with van der Waals surface area (Å²) in [5, 5.41) is 25.1. The van der Waals surface area contributed by atoms with E-state index in [0.29, 0.717) is 18.5 Å². The van der Waals surface area contributed by atoms with Crippen LogP contribution in [-0.2, 0) is 12.2 Å². The van der Waals surface area contributed by atoms with E-state index in [0.717, 1.165) is 6.07 Å². The van der Waals surface area contributed by atoms with Crippen LogP contribution in [0.4, 0.5) is 8.78 Å². The van der Waals surface area contributed by atoms with Gasteiger partial charge < -0.3 is 44.5 Å². The van der Waals surface area contributed by atoms with Gasteiger partial charge in [0.25, 0.3) is 0 Å². The van der Waals surface area contributed by atoms with Gasteiger partial charge in [0.2, 0.25) is 0 Å². The van der Waals surface area contributed by atoms with Crippen molar-refractivity contribution in [3.8, 4) is 0 Å². The monoisotopic (exact) mass is 495 g/mol. The summed E-state index contributed by atoms with van der Waals surface area (Å²) in [6.45, 7) is 0.0328. The molecule has 0 saturated carbocycles. The molecule has 1 unspecified atom stereocenters. The number of rotatable bonds is 7. The summed E-state index contributed by atoms with van der Waals surface area (Å²) in [6.07, 6.45) is 0.832. The van der Waals surface area contributed by atoms with Crippen LogP contribution < -0.4 is 39.6 Å². The molecule has 0 bridgehead atoms. The van der Waals surface area contributed by atoms with Gasteiger partial charge in [0.15, 0.2) is 0 Å². The molecule has 2 aromatic rings. The first kappa shape index (κ1) is 33.1. The molecule has 9 heteroatoms. The van der Waals surface area contributed by atoms with Crippen molar-refractivity contribution in [1.82, 2.24) is 4.90 Å². The zero-order valence-electron chi connectivity index (χ0n) is 16.1. The Bertz CT molecular complexity index is 696. The Kier molecular flexibility index (Phi) is 18.1. The molecule has 0 aliphatic carbocycles. The average Bonchev–Trinajstić information content (AvgIpc) is 2.54. The van der Waals surface area contributed by atoms with Gasteiger partial charge in [0, 0.05) is 0 Å². The first-order valence-electron chi connectivity index (χ1n) is 7.85. The largest absolute Gasteiger partial charge is 2.00 e. The fraction of sp³-hybridized carbons (Fsp3) is 0.368. The molecule has 0 aliphatic rings. The predicted molar refractivity (Wildman–Crippen MR) is 96.6 cm³/mol. The van der Waals surface area contributed by atoms with Crippen molar-refractivity contribution < 1.29 is 48.4 Å². The molecule has 0 radical (unpaired) electrons. The molecular weight excluding hydrogens is 476 g/mol. The molecule has 1 atom stereocenters. The Morgan fingerprint density at radius 3 is 2.00 bits per heavy atom. The van der Waals surface area contributed by atoms with Crippen molar-refractivity contribution in [3.05, 3.63) is 70.8 Å². The van der Waals surface area contributed by atoms with Gasteiger partial charge in [0.1, 0.15) is 11.6 Å². The predicted octanol–water partition coefficient (Wildman–Crippen LogP) is -4.98. The first-order valence-corrected chi connectivity index (χ1v) is 7.85. The molecule has 28 heavy (non-hydrogen) atoms. The second-order valence-corrected chi connectivity index (χ2v) is 6.19. The molecular formula is C19H21BrClF2Mg2NO2. The minimum Gasteiger partial charge on any atom is -1.00 e. The van der Waals surface area contributed by atoms with E-state index in [1.807, 2.05) is 19.0 Å². The maximum Gasteiger partial charge on any atom is 2.00 e. The standard InChI is InChI=1S/C19H21F2NO2.BrH.ClH.2Mg/c1-22(2)11-3-10-19(24,15-4-6-16(20)7-5-15)18-9-8-17(21)12-14(18)13-23;;;;/h4-9,12H,3,10-11,13H2,1-2H3;2*1H;;/q-2;;;2*+2/p-2. The summed E-state index contributed by atoms with van der Waals surface area (Å²) in [6, 6.07) is 9.03. The Balaban J connectivity index is -0.00000156. The van der Waals surface area contributed by atoms with E-state index in [4.69, 9.17) is 0 Å². The van der Waals surface area contributed by atoms with E-state index in [-0.39, 0.29) is 93.0 Å². The van der Waals surface area contributed by atoms with E-state index >= 15 is 0 Å². The smallest absolute Gasteiger partial charge is 1.00 e. The molecule has 0 aromatic heterocycles. The molecule has 0 spiro atoms. The number of halogens is 4. The average molecular weight is 497 g/mol. The molecule has 0 saturated heterocycles. The molecule has 0 fully saturated rings. The van der Waals surface area contributed by atoms with Crippen LogP contribution in [0.15, 0.2) is 42.5 Å². The van der Waals surface area contributed by atoms with Gasteiger partial charge >= 0.3 is 46.1 Å². The number of benzene rings is 2. The van der Waals surface area contributed by atoms with Gasteiger partial charge in [-0.15, -0.1) is 6.61 Å². The normalized spacial score (nSPS) is 12.0. The Labute approximate surface area is 214 Å². The quantitative estimate of drug-likeness (QED) is 0.361. The van der Waals surface area contributed by atoms with Gasteiger partial charge in [-0.2, -0.15) is 0 Å². The van der Waals surface area contributed by atoms with Crippen molar-refractivity contribution >= 4 is 46.1 Å². The minimum atomic E-state index is -1.71. The minimum absolute atomic E-state index is 0. The fourth-order valence-corrected chi connectivity index (χ4v) is 2.87. The van der Waals surface area contributed by atoms with Crippen LogP contribution in [0.5, 0.6) is 0 Å². The topological polar surface area (TPSA) is 49.4 Å². The molecule has 0 amide bonds. The molecule has 3 nitrogen and oxygen atoms in total. The van der Waals surface area contributed by atoms with Crippen molar-refractivity contribution in [2.24, 2.45) is 0 Å². The van der Waals surface area contributed by atoms with Gasteiger partial charge in [-0.1, -0.05) is 46.9 Å². The van der Waals surface area contributed by atoms with Crippen LogP contribution in [0.25, 0.3) is 0 Å². The van der Waals surface area contributed by atoms with E-state index in [2.05, 4.69) is 0 Å². The summed E-state index contributed by atoms with van der Waals surface area (Å²) < 4.78 is 26.7. The fourth-order valence-electron chi connectivity index (χ4n) is 2.87. The van der Waals surface area contributed by atoms with Crippen molar-refractivity contribution in [3.63, 3.8) is 0 Å². The summed E-state index contributed by atoms with van der Waals surface area (Å²) in [4.78, 5) is 1.96. The molecule has 0 N–H and O–H groups in total. The number of hydrogen-bond acceptors (Lipinski definition) is 3. The molecule has 0 aliphatic heterocycles. The second kappa shape index (κ2) is 15.3. The zero-order valence-corrected chi connectivity index (χ0v) is 21.2. The number of nitrogens with zero attached hydrogens (tertiary/aromatic N) is 1. The van der Waals surface area contributed by atoms with Crippen molar-refractivity contribution in [2.45, 2.75) is 25.0 Å². The molecule has 2 aromatic carbocycles. The van der Waals surface area contributed by atoms with E-state index in [1.54, 1.807) is 0 Å². The molecule has 2 rings (SSSR count). The van der Waals surface area contributed by atoms with Crippen molar-refractivity contribution in [1.29, 1.82) is 0 Å². The first-order chi connectivity index (χ1) is 11.4. The third-order valence-corrected chi connectivity index (χ3v) is 4.10. The Morgan fingerprint density at radius 2 is 1.50 bits per heavy atom. The van der Waals surface area contributed by atoms with Gasteiger partial charge in [0.05, 0.1) is 0 Å². The van der Waals surface area contributed by atoms with Crippen LogP contribution in [-0.4, -0.2) is 71.6 Å². The van der Waals surface area contributed by atoms with Crippen LogP contribution in [0.2, 0.25) is 0 Å². The number of hydrogen-bond donors (Lipinski definition) is 0. The zero-order chi connectivity index (χ0) is 17.7. The van der Waals surface area contributed by atoms with Crippen LogP contribution in [0, 0.1) is 11.6 Å².